The van der Waals surface area contributed by atoms with Gasteiger partial charge in [-0.2, -0.15) is 0 Å². The lowest BCUT2D eigenvalue weighted by molar-refractivity contribution is -0.137. The van der Waals surface area contributed by atoms with Crippen LogP contribution in [0, 0.1) is 0 Å². The number of aromatic nitrogens is 3. The predicted octanol–water partition coefficient (Wildman–Crippen LogP) is 2.81. The van der Waals surface area contributed by atoms with E-state index in [1.165, 1.54) is 0 Å². The highest BCUT2D eigenvalue weighted by Crippen LogP contribution is 2.20. The third-order valence-electron chi connectivity index (χ3n) is 4.54. The number of hydrogen-bond donors (Lipinski definition) is 1. The highest BCUT2D eigenvalue weighted by atomic mass is 16.5. The topological polar surface area (TPSA) is 63.1 Å². The standard InChI is InChI=1S/C19H24N4O2/c1-19(2,23-10-5-6-11-23)18(24)22(3)12-9-17-20-15-8-7-14(25-4)13-16(15)21-17/h5-8,10-11,13H,9,12H2,1-4H3,(H,20,21). The first-order valence-corrected chi connectivity index (χ1v) is 8.33. The minimum Gasteiger partial charge on any atom is -0.497 e. The fraction of sp³-hybridized carbons (Fsp3) is 0.368. The largest absolute Gasteiger partial charge is 0.497 e. The van der Waals surface area contributed by atoms with Gasteiger partial charge in [0, 0.05) is 38.5 Å². The summed E-state index contributed by atoms with van der Waals surface area (Å²) in [6, 6.07) is 9.60. The van der Waals surface area contributed by atoms with Crippen LogP contribution in [0.1, 0.15) is 19.7 Å². The first-order chi connectivity index (χ1) is 11.9. The van der Waals surface area contributed by atoms with Crippen molar-refractivity contribution in [2.75, 3.05) is 20.7 Å². The lowest BCUT2D eigenvalue weighted by Crippen LogP contribution is -2.45. The summed E-state index contributed by atoms with van der Waals surface area (Å²) in [6.07, 6.45) is 4.50. The van der Waals surface area contributed by atoms with Crippen LogP contribution in [0.5, 0.6) is 5.75 Å². The molecule has 1 N–H and O–H groups in total. The summed E-state index contributed by atoms with van der Waals surface area (Å²) in [6.45, 7) is 4.46. The quantitative estimate of drug-likeness (QED) is 0.750. The number of nitrogens with one attached hydrogen (secondary N) is 1. The molecule has 132 valence electrons. The highest BCUT2D eigenvalue weighted by molar-refractivity contribution is 5.83. The number of ether oxygens (including phenoxy) is 1. The Morgan fingerprint density at radius 2 is 2.04 bits per heavy atom. The van der Waals surface area contributed by atoms with Crippen molar-refractivity contribution in [3.8, 4) is 5.75 Å². The van der Waals surface area contributed by atoms with Gasteiger partial charge >= 0.3 is 0 Å². The van der Waals surface area contributed by atoms with Gasteiger partial charge in [0.25, 0.3) is 0 Å². The number of fused-ring (bicyclic) bond motifs is 1. The molecule has 1 aromatic carbocycles. The number of methoxy groups -OCH3 is 1. The van der Waals surface area contributed by atoms with E-state index in [1.54, 1.807) is 12.0 Å². The number of aromatic amines is 1. The molecule has 0 fully saturated rings. The molecule has 3 aromatic rings. The highest BCUT2D eigenvalue weighted by Gasteiger charge is 2.31. The Morgan fingerprint density at radius 3 is 2.72 bits per heavy atom. The Morgan fingerprint density at radius 1 is 1.32 bits per heavy atom. The zero-order chi connectivity index (χ0) is 18.0. The van der Waals surface area contributed by atoms with Gasteiger partial charge in [-0.25, -0.2) is 4.98 Å². The van der Waals surface area contributed by atoms with Gasteiger partial charge in [-0.05, 0) is 38.1 Å². The maximum absolute atomic E-state index is 12.8. The van der Waals surface area contributed by atoms with Crippen molar-refractivity contribution in [2.45, 2.75) is 25.8 Å². The molecule has 0 spiro atoms. The number of amides is 1. The van der Waals surface area contributed by atoms with Crippen molar-refractivity contribution in [3.63, 3.8) is 0 Å². The van der Waals surface area contributed by atoms with Crippen LogP contribution in [0.2, 0.25) is 0 Å². The molecule has 0 unspecified atom stereocenters. The molecule has 0 bridgehead atoms. The van der Waals surface area contributed by atoms with E-state index in [1.807, 2.05) is 68.2 Å². The lowest BCUT2D eigenvalue weighted by Gasteiger charge is -2.30. The smallest absolute Gasteiger partial charge is 0.247 e. The minimum atomic E-state index is -0.612. The molecule has 2 heterocycles. The zero-order valence-corrected chi connectivity index (χ0v) is 15.1. The molecule has 25 heavy (non-hydrogen) atoms. The molecule has 0 saturated heterocycles. The molecule has 1 amide bonds. The average Bonchev–Trinajstić information content (AvgIpc) is 3.27. The third kappa shape index (κ3) is 3.38. The van der Waals surface area contributed by atoms with Crippen molar-refractivity contribution >= 4 is 16.9 Å². The Balaban J connectivity index is 1.67. The second-order valence-electron chi connectivity index (χ2n) is 6.69. The Bertz CT molecular complexity index is 865. The number of likely N-dealkylation sites (N-methyl/N-ethyl adjacent to an activating group) is 1. The molecular weight excluding hydrogens is 316 g/mol. The maximum Gasteiger partial charge on any atom is 0.247 e. The Kier molecular flexibility index (Phi) is 4.53. The van der Waals surface area contributed by atoms with Gasteiger partial charge < -0.3 is 19.2 Å². The molecule has 0 saturated carbocycles. The van der Waals surface area contributed by atoms with E-state index in [2.05, 4.69) is 9.97 Å². The fourth-order valence-electron chi connectivity index (χ4n) is 2.95. The van der Waals surface area contributed by atoms with E-state index in [0.29, 0.717) is 13.0 Å². The fourth-order valence-corrected chi connectivity index (χ4v) is 2.95. The van der Waals surface area contributed by atoms with Crippen molar-refractivity contribution < 1.29 is 9.53 Å². The van der Waals surface area contributed by atoms with Crippen LogP contribution in [-0.4, -0.2) is 46.0 Å². The number of carbonyl (C=O) groups excluding carboxylic acids is 1. The monoisotopic (exact) mass is 340 g/mol. The van der Waals surface area contributed by atoms with Crippen molar-refractivity contribution in [3.05, 3.63) is 48.5 Å². The summed E-state index contributed by atoms with van der Waals surface area (Å²) in [5, 5.41) is 0. The molecule has 0 radical (unpaired) electrons. The first kappa shape index (κ1) is 17.1. The SMILES string of the molecule is COc1ccc2nc(CCN(C)C(=O)C(C)(C)n3cccc3)[nH]c2c1. The number of benzene rings is 1. The molecule has 0 aliphatic heterocycles. The van der Waals surface area contributed by atoms with Gasteiger partial charge in [-0.15, -0.1) is 0 Å². The van der Waals surface area contributed by atoms with Crippen molar-refractivity contribution in [1.82, 2.24) is 19.4 Å². The third-order valence-corrected chi connectivity index (χ3v) is 4.54. The molecular formula is C19H24N4O2. The van der Waals surface area contributed by atoms with Gasteiger partial charge in [0.05, 0.1) is 18.1 Å². The summed E-state index contributed by atoms with van der Waals surface area (Å²) in [7, 11) is 3.48. The number of rotatable bonds is 6. The van der Waals surface area contributed by atoms with Crippen LogP contribution in [0.25, 0.3) is 11.0 Å². The summed E-state index contributed by atoms with van der Waals surface area (Å²) >= 11 is 0. The molecule has 6 nitrogen and oxygen atoms in total. The Labute approximate surface area is 147 Å². The van der Waals surface area contributed by atoms with E-state index >= 15 is 0 Å². The summed E-state index contributed by atoms with van der Waals surface area (Å²) < 4.78 is 7.16. The number of imidazole rings is 1. The van der Waals surface area contributed by atoms with E-state index in [9.17, 15) is 4.79 Å². The van der Waals surface area contributed by atoms with E-state index < -0.39 is 5.54 Å². The predicted molar refractivity (Wildman–Crippen MR) is 97.7 cm³/mol. The van der Waals surface area contributed by atoms with Crippen LogP contribution < -0.4 is 4.74 Å². The minimum absolute atomic E-state index is 0.0708. The number of hydrogen-bond acceptors (Lipinski definition) is 3. The van der Waals surface area contributed by atoms with Gasteiger partial charge in [-0.3, -0.25) is 4.79 Å². The zero-order valence-electron chi connectivity index (χ0n) is 15.1. The van der Waals surface area contributed by atoms with Gasteiger partial charge in [0.1, 0.15) is 17.1 Å². The van der Waals surface area contributed by atoms with Gasteiger partial charge in [-0.1, -0.05) is 0 Å². The van der Waals surface area contributed by atoms with Crippen molar-refractivity contribution in [2.24, 2.45) is 0 Å². The molecule has 0 aliphatic rings. The summed E-state index contributed by atoms with van der Waals surface area (Å²) in [5.74, 6) is 1.73. The molecule has 6 heteroatoms. The average molecular weight is 340 g/mol. The second kappa shape index (κ2) is 6.63. The normalized spacial score (nSPS) is 11.7. The number of carbonyl (C=O) groups is 1. The van der Waals surface area contributed by atoms with Crippen LogP contribution in [0.15, 0.2) is 42.7 Å². The summed E-state index contributed by atoms with van der Waals surface area (Å²) in [5.41, 5.74) is 1.23. The number of H-pyrrole nitrogens is 1. The first-order valence-electron chi connectivity index (χ1n) is 8.33. The van der Waals surface area contributed by atoms with Crippen LogP contribution >= 0.6 is 0 Å². The molecule has 0 aliphatic carbocycles. The van der Waals surface area contributed by atoms with E-state index in [-0.39, 0.29) is 5.91 Å². The van der Waals surface area contributed by atoms with Gasteiger partial charge in [0.2, 0.25) is 5.91 Å². The van der Waals surface area contributed by atoms with Gasteiger partial charge in [0.15, 0.2) is 0 Å². The van der Waals surface area contributed by atoms with E-state index in [0.717, 1.165) is 22.6 Å². The lowest BCUT2D eigenvalue weighted by atomic mass is 10.0. The molecule has 3 rings (SSSR count). The second-order valence-corrected chi connectivity index (χ2v) is 6.69. The number of nitrogens with zero attached hydrogens (tertiary/aromatic N) is 3. The van der Waals surface area contributed by atoms with Crippen LogP contribution in [0.3, 0.4) is 0 Å². The Hall–Kier alpha value is -2.76. The molecule has 2 aromatic heterocycles. The van der Waals surface area contributed by atoms with Crippen LogP contribution in [0.4, 0.5) is 0 Å². The maximum atomic E-state index is 12.8. The van der Waals surface area contributed by atoms with Crippen LogP contribution in [-0.2, 0) is 16.8 Å². The summed E-state index contributed by atoms with van der Waals surface area (Å²) in [4.78, 5) is 22.4. The van der Waals surface area contributed by atoms with Crippen molar-refractivity contribution in [1.29, 1.82) is 0 Å². The van der Waals surface area contributed by atoms with E-state index in [4.69, 9.17) is 4.74 Å². The molecule has 0 atom stereocenters.